The predicted molar refractivity (Wildman–Crippen MR) is 103 cm³/mol. The largest absolute Gasteiger partial charge is 0.413 e. The van der Waals surface area contributed by atoms with Crippen LogP contribution >= 0.6 is 0 Å². The minimum absolute atomic E-state index is 0.0666. The predicted octanol–water partition coefficient (Wildman–Crippen LogP) is 5.12. The summed E-state index contributed by atoms with van der Waals surface area (Å²) >= 11 is 0. The van der Waals surface area contributed by atoms with E-state index < -0.39 is 14.4 Å². The van der Waals surface area contributed by atoms with Gasteiger partial charge in [-0.2, -0.15) is 0 Å². The lowest BCUT2D eigenvalue weighted by Gasteiger charge is -2.40. The van der Waals surface area contributed by atoms with Crippen LogP contribution in [0.15, 0.2) is 30.3 Å². The van der Waals surface area contributed by atoms with E-state index in [2.05, 4.69) is 40.8 Å². The SMILES string of the molecule is CC[C@H](O[Si](C)(C)C(C)(C)C)[C@@H](C)C(=O)C[C@H](O)c1ccccc1. The zero-order chi connectivity index (χ0) is 18.5. The van der Waals surface area contributed by atoms with Crippen LogP contribution in [0.5, 0.6) is 0 Å². The number of carbonyl (C=O) groups excluding carboxylic acids is 1. The minimum Gasteiger partial charge on any atom is -0.413 e. The number of rotatable bonds is 8. The second kappa shape index (κ2) is 8.41. The molecule has 24 heavy (non-hydrogen) atoms. The van der Waals surface area contributed by atoms with E-state index in [9.17, 15) is 9.90 Å². The lowest BCUT2D eigenvalue weighted by atomic mass is 9.92. The highest BCUT2D eigenvalue weighted by Crippen LogP contribution is 2.38. The van der Waals surface area contributed by atoms with Crippen molar-refractivity contribution in [1.82, 2.24) is 0 Å². The van der Waals surface area contributed by atoms with Crippen molar-refractivity contribution >= 4 is 14.1 Å². The van der Waals surface area contributed by atoms with E-state index in [1.807, 2.05) is 37.3 Å². The first-order valence-corrected chi connectivity index (χ1v) is 11.8. The first-order valence-electron chi connectivity index (χ1n) is 8.93. The molecular formula is C20H34O3Si. The second-order valence-electron chi connectivity index (χ2n) is 8.21. The molecule has 0 fully saturated rings. The summed E-state index contributed by atoms with van der Waals surface area (Å²) in [6.07, 6.45) is 0.122. The van der Waals surface area contributed by atoms with Gasteiger partial charge in [0.05, 0.1) is 12.2 Å². The van der Waals surface area contributed by atoms with Crippen molar-refractivity contribution in [2.24, 2.45) is 5.92 Å². The van der Waals surface area contributed by atoms with E-state index in [-0.39, 0.29) is 29.3 Å². The van der Waals surface area contributed by atoms with Gasteiger partial charge in [0.2, 0.25) is 0 Å². The van der Waals surface area contributed by atoms with Gasteiger partial charge in [-0.25, -0.2) is 0 Å². The molecule has 0 aromatic heterocycles. The Labute approximate surface area is 148 Å². The highest BCUT2D eigenvalue weighted by atomic mass is 28.4. The molecule has 0 aliphatic heterocycles. The van der Waals surface area contributed by atoms with Gasteiger partial charge in [-0.05, 0) is 30.1 Å². The summed E-state index contributed by atoms with van der Waals surface area (Å²) in [5.74, 6) is -0.139. The standard InChI is InChI=1S/C20H34O3Si/c1-8-19(23-24(6,7)20(3,4)5)15(2)17(21)14-18(22)16-12-10-9-11-13-16/h9-13,15,18-19,22H,8,14H2,1-7H3/t15-,18-,19-/m0/s1. The van der Waals surface area contributed by atoms with Crippen LogP contribution in [-0.2, 0) is 9.22 Å². The van der Waals surface area contributed by atoms with Crippen LogP contribution in [0.25, 0.3) is 0 Å². The third-order valence-electron chi connectivity index (χ3n) is 5.30. The van der Waals surface area contributed by atoms with E-state index in [0.717, 1.165) is 12.0 Å². The molecule has 0 aliphatic carbocycles. The first-order chi connectivity index (χ1) is 11.0. The van der Waals surface area contributed by atoms with Gasteiger partial charge in [-0.1, -0.05) is 65.0 Å². The Balaban J connectivity index is 2.75. The maximum absolute atomic E-state index is 12.6. The molecule has 3 atom stereocenters. The molecule has 0 saturated carbocycles. The van der Waals surface area contributed by atoms with Crippen molar-refractivity contribution in [1.29, 1.82) is 0 Å². The Morgan fingerprint density at radius 1 is 1.21 bits per heavy atom. The van der Waals surface area contributed by atoms with Crippen LogP contribution < -0.4 is 0 Å². The summed E-state index contributed by atoms with van der Waals surface area (Å²) in [4.78, 5) is 12.6. The first kappa shape index (κ1) is 21.1. The summed E-state index contributed by atoms with van der Waals surface area (Å²) in [6.45, 7) is 15.0. The van der Waals surface area contributed by atoms with Crippen molar-refractivity contribution in [2.45, 2.75) is 77.8 Å². The Hall–Kier alpha value is -0.973. The molecule has 0 amide bonds. The van der Waals surface area contributed by atoms with Gasteiger partial charge in [0.15, 0.2) is 8.32 Å². The quantitative estimate of drug-likeness (QED) is 0.662. The van der Waals surface area contributed by atoms with Gasteiger partial charge in [0.1, 0.15) is 5.78 Å². The van der Waals surface area contributed by atoms with Crippen molar-refractivity contribution < 1.29 is 14.3 Å². The molecule has 136 valence electrons. The minimum atomic E-state index is -1.92. The number of ketones is 1. The van der Waals surface area contributed by atoms with Crippen molar-refractivity contribution in [3.8, 4) is 0 Å². The molecule has 0 spiro atoms. The van der Waals surface area contributed by atoms with Gasteiger partial charge >= 0.3 is 0 Å². The molecule has 0 saturated heterocycles. The fourth-order valence-electron chi connectivity index (χ4n) is 2.47. The van der Waals surface area contributed by atoms with Crippen LogP contribution in [0.1, 0.15) is 59.1 Å². The highest BCUT2D eigenvalue weighted by molar-refractivity contribution is 6.74. The van der Waals surface area contributed by atoms with Crippen molar-refractivity contribution in [3.05, 3.63) is 35.9 Å². The van der Waals surface area contributed by atoms with Crippen LogP contribution in [0, 0.1) is 5.92 Å². The third-order valence-corrected chi connectivity index (χ3v) is 9.80. The van der Waals surface area contributed by atoms with Gasteiger partial charge in [0, 0.05) is 12.3 Å². The lowest BCUT2D eigenvalue weighted by molar-refractivity contribution is -0.127. The highest BCUT2D eigenvalue weighted by Gasteiger charge is 2.40. The summed E-state index contributed by atoms with van der Waals surface area (Å²) in [5, 5.41) is 10.4. The van der Waals surface area contributed by atoms with Crippen LogP contribution in [0.2, 0.25) is 18.1 Å². The number of hydrogen-bond donors (Lipinski definition) is 1. The Kier molecular flexibility index (Phi) is 7.38. The van der Waals surface area contributed by atoms with Crippen LogP contribution in [0.3, 0.4) is 0 Å². The number of hydrogen-bond acceptors (Lipinski definition) is 3. The van der Waals surface area contributed by atoms with E-state index in [1.54, 1.807) is 0 Å². The maximum atomic E-state index is 12.6. The summed E-state index contributed by atoms with van der Waals surface area (Å²) in [6, 6.07) is 9.36. The average Bonchev–Trinajstić information content (AvgIpc) is 2.51. The molecule has 1 aromatic rings. The molecule has 0 radical (unpaired) electrons. The summed E-state index contributed by atoms with van der Waals surface area (Å²) < 4.78 is 6.46. The number of aliphatic hydroxyl groups excluding tert-OH is 1. The molecule has 1 N–H and O–H groups in total. The zero-order valence-electron chi connectivity index (χ0n) is 16.3. The molecular weight excluding hydrogens is 316 g/mol. The summed E-state index contributed by atoms with van der Waals surface area (Å²) in [7, 11) is -1.92. The zero-order valence-corrected chi connectivity index (χ0v) is 17.3. The molecule has 3 nitrogen and oxygen atoms in total. The third kappa shape index (κ3) is 5.54. The number of carbonyl (C=O) groups is 1. The number of aliphatic hydroxyl groups is 1. The van der Waals surface area contributed by atoms with Gasteiger partial charge in [0.25, 0.3) is 0 Å². The Morgan fingerprint density at radius 2 is 1.75 bits per heavy atom. The monoisotopic (exact) mass is 350 g/mol. The molecule has 0 bridgehead atoms. The van der Waals surface area contributed by atoms with Crippen molar-refractivity contribution in [2.75, 3.05) is 0 Å². The van der Waals surface area contributed by atoms with E-state index in [0.29, 0.717) is 0 Å². The Morgan fingerprint density at radius 3 is 2.21 bits per heavy atom. The number of Topliss-reactive ketones (excluding diaryl/α,β-unsaturated/α-hetero) is 1. The maximum Gasteiger partial charge on any atom is 0.192 e. The van der Waals surface area contributed by atoms with Gasteiger partial charge < -0.3 is 9.53 Å². The molecule has 4 heteroatoms. The summed E-state index contributed by atoms with van der Waals surface area (Å²) in [5.41, 5.74) is 0.788. The molecule has 1 aromatic carbocycles. The molecule has 0 unspecified atom stereocenters. The van der Waals surface area contributed by atoms with Crippen molar-refractivity contribution in [3.63, 3.8) is 0 Å². The molecule has 1 rings (SSSR count). The topological polar surface area (TPSA) is 46.5 Å². The van der Waals surface area contributed by atoms with E-state index in [4.69, 9.17) is 4.43 Å². The fraction of sp³-hybridized carbons (Fsp3) is 0.650. The molecule has 0 heterocycles. The molecule has 0 aliphatic rings. The van der Waals surface area contributed by atoms with Crippen LogP contribution in [-0.4, -0.2) is 25.3 Å². The Bertz CT molecular complexity index is 519. The lowest BCUT2D eigenvalue weighted by Crippen LogP contribution is -2.46. The van der Waals surface area contributed by atoms with Gasteiger partial charge in [-0.15, -0.1) is 0 Å². The van der Waals surface area contributed by atoms with Crippen LogP contribution in [0.4, 0.5) is 0 Å². The smallest absolute Gasteiger partial charge is 0.192 e. The van der Waals surface area contributed by atoms with E-state index in [1.165, 1.54) is 0 Å². The van der Waals surface area contributed by atoms with E-state index >= 15 is 0 Å². The fourth-order valence-corrected chi connectivity index (χ4v) is 3.95. The van der Waals surface area contributed by atoms with Gasteiger partial charge in [-0.3, -0.25) is 4.79 Å². The average molecular weight is 351 g/mol. The number of benzene rings is 1. The normalized spacial score (nSPS) is 16.5. The second-order valence-corrected chi connectivity index (χ2v) is 13.0.